The van der Waals surface area contributed by atoms with Gasteiger partial charge >= 0.3 is 5.97 Å². The number of benzene rings is 2. The fourth-order valence-electron chi connectivity index (χ4n) is 3.31. The van der Waals surface area contributed by atoms with Gasteiger partial charge in [-0.2, -0.15) is 0 Å². The average Bonchev–Trinajstić information content (AvgIpc) is 2.81. The van der Waals surface area contributed by atoms with Gasteiger partial charge in [-0.05, 0) is 42.5 Å². The van der Waals surface area contributed by atoms with Gasteiger partial charge in [0.05, 0.1) is 18.8 Å². The molecule has 6 N–H and O–H groups in total. The Balaban J connectivity index is 1.66. The van der Waals surface area contributed by atoms with E-state index in [-0.39, 0.29) is 24.9 Å². The fourth-order valence-corrected chi connectivity index (χ4v) is 3.31. The summed E-state index contributed by atoms with van der Waals surface area (Å²) in [4.78, 5) is 45.1. The summed E-state index contributed by atoms with van der Waals surface area (Å²) in [5.41, 5.74) is 12.5. The van der Waals surface area contributed by atoms with Crippen molar-refractivity contribution in [1.82, 2.24) is 10.3 Å². The molecule has 0 saturated carbocycles. The Labute approximate surface area is 196 Å². The van der Waals surface area contributed by atoms with Gasteiger partial charge < -0.3 is 26.8 Å². The van der Waals surface area contributed by atoms with Gasteiger partial charge in [0, 0.05) is 23.6 Å². The molecular weight excluding hydrogens is 436 g/mol. The largest absolute Gasteiger partial charge is 0.466 e. The number of carbonyl (C=O) groups is 3. The molecule has 3 aromatic rings. The normalized spacial score (nSPS) is 10.4. The number of aryl methyl sites for hydroxylation is 1. The molecule has 0 bridgehead atoms. The van der Waals surface area contributed by atoms with Crippen molar-refractivity contribution >= 4 is 46.0 Å². The van der Waals surface area contributed by atoms with Crippen LogP contribution in [0.3, 0.4) is 0 Å². The lowest BCUT2D eigenvalue weighted by molar-refractivity contribution is -0.143. The summed E-state index contributed by atoms with van der Waals surface area (Å²) in [6, 6.07) is 14.1. The van der Waals surface area contributed by atoms with Crippen molar-refractivity contribution in [3.8, 4) is 0 Å². The number of aromatic nitrogens is 1. The summed E-state index contributed by atoms with van der Waals surface area (Å²) < 4.78 is 4.93. The zero-order valence-corrected chi connectivity index (χ0v) is 18.7. The monoisotopic (exact) mass is 462 g/mol. The molecule has 0 spiro atoms. The third-order valence-corrected chi connectivity index (χ3v) is 4.81. The molecule has 0 saturated heterocycles. The summed E-state index contributed by atoms with van der Waals surface area (Å²) in [6.07, 6.45) is 2.06. The quantitative estimate of drug-likeness (QED) is 0.215. The number of esters is 1. The Bertz CT molecular complexity index is 1240. The minimum absolute atomic E-state index is 0.129. The van der Waals surface area contributed by atoms with Crippen LogP contribution in [0.15, 0.2) is 59.7 Å². The van der Waals surface area contributed by atoms with E-state index in [4.69, 9.17) is 16.2 Å². The number of aliphatic imine (C=N–C) groups is 1. The maximum Gasteiger partial charge on any atom is 0.306 e. The first kappa shape index (κ1) is 24.2. The number of guanidine groups is 1. The standard InChI is InChI=1S/C24H26N6O4/c1-2-34-21(32)10-9-15-7-5-11-27-22(15)30-20(31)14-28-23(33)17-12-16-6-3-4-8-18(16)19(13-17)29-24(25)26/h3-8,11-13H,2,9-10,14H2,1H3,(H,28,33)(H4,25,26,29)(H,27,30,31). The number of rotatable bonds is 9. The van der Waals surface area contributed by atoms with Crippen LogP contribution in [0.1, 0.15) is 29.3 Å². The maximum absolute atomic E-state index is 12.7. The van der Waals surface area contributed by atoms with Gasteiger partial charge in [-0.3, -0.25) is 14.4 Å². The number of nitrogens with one attached hydrogen (secondary N) is 2. The van der Waals surface area contributed by atoms with Crippen molar-refractivity contribution in [2.24, 2.45) is 16.5 Å². The third-order valence-electron chi connectivity index (χ3n) is 4.81. The van der Waals surface area contributed by atoms with Crippen LogP contribution in [-0.4, -0.2) is 41.9 Å². The Kier molecular flexibility index (Phi) is 8.11. The zero-order chi connectivity index (χ0) is 24.5. The van der Waals surface area contributed by atoms with Crippen molar-refractivity contribution in [2.75, 3.05) is 18.5 Å². The number of amides is 2. The van der Waals surface area contributed by atoms with Crippen LogP contribution in [0.2, 0.25) is 0 Å². The molecule has 0 aliphatic rings. The first-order valence-electron chi connectivity index (χ1n) is 10.7. The molecular formula is C24H26N6O4. The fraction of sp³-hybridized carbons (Fsp3) is 0.208. The minimum atomic E-state index is -0.463. The number of fused-ring (bicyclic) bond motifs is 1. The van der Waals surface area contributed by atoms with Gasteiger partial charge in [-0.15, -0.1) is 0 Å². The number of hydrogen-bond acceptors (Lipinski definition) is 6. The van der Waals surface area contributed by atoms with Gasteiger partial charge in [0.15, 0.2) is 5.96 Å². The van der Waals surface area contributed by atoms with Crippen LogP contribution in [0.25, 0.3) is 10.8 Å². The zero-order valence-electron chi connectivity index (χ0n) is 18.7. The molecule has 3 rings (SSSR count). The number of carbonyl (C=O) groups excluding carboxylic acids is 3. The predicted octanol–water partition coefficient (Wildman–Crippen LogP) is 2.00. The molecule has 0 radical (unpaired) electrons. The molecule has 34 heavy (non-hydrogen) atoms. The van der Waals surface area contributed by atoms with Crippen molar-refractivity contribution in [2.45, 2.75) is 19.8 Å². The molecule has 0 atom stereocenters. The Morgan fingerprint density at radius 3 is 2.65 bits per heavy atom. The second kappa shape index (κ2) is 11.4. The van der Waals surface area contributed by atoms with E-state index < -0.39 is 11.8 Å². The first-order chi connectivity index (χ1) is 16.4. The van der Waals surface area contributed by atoms with Crippen LogP contribution in [0.4, 0.5) is 11.5 Å². The van der Waals surface area contributed by atoms with Crippen molar-refractivity contribution in [3.05, 3.63) is 65.9 Å². The summed E-state index contributed by atoms with van der Waals surface area (Å²) in [5.74, 6) is -1.06. The molecule has 2 amide bonds. The second-order valence-corrected chi connectivity index (χ2v) is 7.30. The van der Waals surface area contributed by atoms with Crippen molar-refractivity contribution in [3.63, 3.8) is 0 Å². The lowest BCUT2D eigenvalue weighted by Crippen LogP contribution is -2.33. The highest BCUT2D eigenvalue weighted by Gasteiger charge is 2.14. The first-order valence-corrected chi connectivity index (χ1v) is 10.7. The number of anilines is 1. The highest BCUT2D eigenvalue weighted by Crippen LogP contribution is 2.28. The smallest absolute Gasteiger partial charge is 0.306 e. The summed E-state index contributed by atoms with van der Waals surface area (Å²) in [6.45, 7) is 1.76. The molecule has 1 heterocycles. The van der Waals surface area contributed by atoms with E-state index in [1.807, 2.05) is 24.3 Å². The number of hydrogen-bond donors (Lipinski definition) is 4. The molecule has 0 unspecified atom stereocenters. The van der Waals surface area contributed by atoms with E-state index >= 15 is 0 Å². The molecule has 0 aliphatic carbocycles. The Morgan fingerprint density at radius 2 is 1.88 bits per heavy atom. The van der Waals surface area contributed by atoms with Gasteiger partial charge in [0.1, 0.15) is 5.82 Å². The predicted molar refractivity (Wildman–Crippen MR) is 130 cm³/mol. The van der Waals surface area contributed by atoms with Gasteiger partial charge in [-0.25, -0.2) is 9.98 Å². The van der Waals surface area contributed by atoms with Crippen molar-refractivity contribution < 1.29 is 19.1 Å². The average molecular weight is 463 g/mol. The van der Waals surface area contributed by atoms with E-state index in [2.05, 4.69) is 20.6 Å². The summed E-state index contributed by atoms with van der Waals surface area (Å²) >= 11 is 0. The van der Waals surface area contributed by atoms with Crippen LogP contribution >= 0.6 is 0 Å². The van der Waals surface area contributed by atoms with Crippen LogP contribution in [-0.2, 0) is 20.7 Å². The molecule has 10 nitrogen and oxygen atoms in total. The summed E-state index contributed by atoms with van der Waals surface area (Å²) in [7, 11) is 0. The van der Waals surface area contributed by atoms with Gasteiger partial charge in [0.2, 0.25) is 5.91 Å². The Hall–Kier alpha value is -4.47. The molecule has 0 aliphatic heterocycles. The molecule has 2 aromatic carbocycles. The van der Waals surface area contributed by atoms with E-state index in [9.17, 15) is 14.4 Å². The molecule has 176 valence electrons. The minimum Gasteiger partial charge on any atom is -0.466 e. The lowest BCUT2D eigenvalue weighted by Gasteiger charge is -2.11. The molecule has 1 aromatic heterocycles. The van der Waals surface area contributed by atoms with Crippen LogP contribution < -0.4 is 22.1 Å². The van der Waals surface area contributed by atoms with E-state index in [1.54, 1.807) is 31.2 Å². The van der Waals surface area contributed by atoms with E-state index in [0.717, 1.165) is 10.8 Å². The maximum atomic E-state index is 12.7. The second-order valence-electron chi connectivity index (χ2n) is 7.30. The van der Waals surface area contributed by atoms with Crippen molar-refractivity contribution in [1.29, 1.82) is 0 Å². The number of nitrogens with zero attached hydrogens (tertiary/aromatic N) is 2. The molecule has 0 fully saturated rings. The van der Waals surface area contributed by atoms with E-state index in [1.165, 1.54) is 6.20 Å². The topological polar surface area (TPSA) is 162 Å². The summed E-state index contributed by atoms with van der Waals surface area (Å²) in [5, 5.41) is 6.82. The van der Waals surface area contributed by atoms with Crippen LogP contribution in [0.5, 0.6) is 0 Å². The van der Waals surface area contributed by atoms with Crippen LogP contribution in [0, 0.1) is 0 Å². The van der Waals surface area contributed by atoms with E-state index in [0.29, 0.717) is 35.7 Å². The highest BCUT2D eigenvalue weighted by molar-refractivity contribution is 6.05. The number of ether oxygens (including phenoxy) is 1. The highest BCUT2D eigenvalue weighted by atomic mass is 16.5. The molecule has 10 heteroatoms. The van der Waals surface area contributed by atoms with Gasteiger partial charge in [0.25, 0.3) is 5.91 Å². The number of nitrogens with two attached hydrogens (primary N) is 2. The SMILES string of the molecule is CCOC(=O)CCc1cccnc1NC(=O)CNC(=O)c1cc(N=C(N)N)c2ccccc2c1. The van der Waals surface area contributed by atoms with Gasteiger partial charge in [-0.1, -0.05) is 30.3 Å². The lowest BCUT2D eigenvalue weighted by atomic mass is 10.0. The third kappa shape index (κ3) is 6.52. The Morgan fingerprint density at radius 1 is 1.09 bits per heavy atom. The number of pyridine rings is 1.